The minimum atomic E-state index is -0.802. The van der Waals surface area contributed by atoms with Crippen LogP contribution in [-0.4, -0.2) is 45.4 Å². The Hall–Kier alpha value is -2.00. The summed E-state index contributed by atoms with van der Waals surface area (Å²) >= 11 is 1.26. The molecule has 0 aliphatic carbocycles. The zero-order valence-electron chi connectivity index (χ0n) is 16.7. The van der Waals surface area contributed by atoms with Gasteiger partial charge in [0.05, 0.1) is 17.5 Å². The average molecular weight is 412 g/mol. The number of nitrogens with one attached hydrogen (secondary N) is 1. The van der Waals surface area contributed by atoms with Crippen molar-refractivity contribution < 1.29 is 13.6 Å². The first-order valence-corrected chi connectivity index (χ1v) is 10.3. The molecule has 1 heterocycles. The van der Waals surface area contributed by atoms with Crippen molar-refractivity contribution in [1.29, 1.82) is 0 Å². The molecule has 1 N–H and O–H groups in total. The molecule has 1 amide bonds. The monoisotopic (exact) mass is 411 g/mol. The first-order valence-electron chi connectivity index (χ1n) is 9.34. The maximum atomic E-state index is 13.7. The molecule has 6 nitrogen and oxygen atoms in total. The maximum absolute atomic E-state index is 13.7. The van der Waals surface area contributed by atoms with Gasteiger partial charge in [0.15, 0.2) is 11.0 Å². The fraction of sp³-hybridized carbons (Fsp3) is 0.526. The summed E-state index contributed by atoms with van der Waals surface area (Å²) in [6, 6.07) is 3.19. The predicted molar refractivity (Wildman–Crippen MR) is 107 cm³/mol. The highest BCUT2D eigenvalue weighted by atomic mass is 32.2. The molecule has 9 heteroatoms. The van der Waals surface area contributed by atoms with E-state index in [0.717, 1.165) is 43.8 Å². The number of rotatable bonds is 10. The van der Waals surface area contributed by atoms with Crippen LogP contribution in [0.4, 0.5) is 14.5 Å². The van der Waals surface area contributed by atoms with E-state index < -0.39 is 11.6 Å². The van der Waals surface area contributed by atoms with Gasteiger partial charge >= 0.3 is 0 Å². The lowest BCUT2D eigenvalue weighted by atomic mass is 10.2. The summed E-state index contributed by atoms with van der Waals surface area (Å²) in [6.45, 7) is 4.99. The number of amides is 1. The number of carbonyl (C=O) groups excluding carboxylic acids is 1. The summed E-state index contributed by atoms with van der Waals surface area (Å²) < 4.78 is 28.7. The van der Waals surface area contributed by atoms with Crippen molar-refractivity contribution in [3.05, 3.63) is 35.7 Å². The highest BCUT2D eigenvalue weighted by Crippen LogP contribution is 2.26. The van der Waals surface area contributed by atoms with Gasteiger partial charge in [-0.2, -0.15) is 0 Å². The van der Waals surface area contributed by atoms with Crippen LogP contribution in [0.1, 0.15) is 45.0 Å². The standard InChI is InChI=1S/C19H27F2N5OS/c1-5-7-10-26-18(16(6-2)25(3)4)23-24-19(26)28-12-17(27)22-15-9-8-13(20)11-14(15)21/h8-9,11,16H,5-7,10,12H2,1-4H3,(H,22,27). The Morgan fingerprint density at radius 2 is 2.04 bits per heavy atom. The second-order valence-electron chi connectivity index (χ2n) is 6.69. The van der Waals surface area contributed by atoms with Gasteiger partial charge in [-0.1, -0.05) is 32.0 Å². The molecular weight excluding hydrogens is 384 g/mol. The van der Waals surface area contributed by atoms with Crippen molar-refractivity contribution in [2.45, 2.75) is 50.9 Å². The van der Waals surface area contributed by atoms with Gasteiger partial charge < -0.3 is 9.88 Å². The van der Waals surface area contributed by atoms with Crippen molar-refractivity contribution in [2.24, 2.45) is 0 Å². The number of benzene rings is 1. The van der Waals surface area contributed by atoms with Crippen LogP contribution in [0.5, 0.6) is 0 Å². The molecule has 1 unspecified atom stereocenters. The van der Waals surface area contributed by atoms with Crippen molar-refractivity contribution in [3.63, 3.8) is 0 Å². The van der Waals surface area contributed by atoms with Gasteiger partial charge in [0.25, 0.3) is 0 Å². The molecule has 1 aromatic carbocycles. The predicted octanol–water partition coefficient (Wildman–Crippen LogP) is 4.10. The number of halogens is 2. The van der Waals surface area contributed by atoms with Crippen LogP contribution in [-0.2, 0) is 11.3 Å². The van der Waals surface area contributed by atoms with E-state index in [0.29, 0.717) is 5.16 Å². The molecule has 0 saturated heterocycles. The lowest BCUT2D eigenvalue weighted by Gasteiger charge is -2.23. The minimum absolute atomic E-state index is 0.0428. The topological polar surface area (TPSA) is 63.1 Å². The second-order valence-corrected chi connectivity index (χ2v) is 7.64. The first kappa shape index (κ1) is 22.3. The zero-order chi connectivity index (χ0) is 20.7. The van der Waals surface area contributed by atoms with Crippen LogP contribution in [0, 0.1) is 11.6 Å². The van der Waals surface area contributed by atoms with Crippen LogP contribution in [0.25, 0.3) is 0 Å². The van der Waals surface area contributed by atoms with E-state index in [9.17, 15) is 13.6 Å². The average Bonchev–Trinajstić information content (AvgIpc) is 3.03. The fourth-order valence-electron chi connectivity index (χ4n) is 2.87. The van der Waals surface area contributed by atoms with E-state index in [1.165, 1.54) is 17.8 Å². The summed E-state index contributed by atoms with van der Waals surface area (Å²) in [4.78, 5) is 14.3. The molecule has 28 heavy (non-hydrogen) atoms. The zero-order valence-corrected chi connectivity index (χ0v) is 17.5. The molecule has 0 spiro atoms. The smallest absolute Gasteiger partial charge is 0.234 e. The Labute approximate surface area is 168 Å². The number of anilines is 1. The van der Waals surface area contributed by atoms with Gasteiger partial charge in [-0.05, 0) is 39.1 Å². The third kappa shape index (κ3) is 5.75. The Bertz CT molecular complexity index is 797. The summed E-state index contributed by atoms with van der Waals surface area (Å²) in [7, 11) is 4.01. The normalized spacial score (nSPS) is 12.4. The van der Waals surface area contributed by atoms with E-state index in [-0.39, 0.29) is 23.4 Å². The van der Waals surface area contributed by atoms with Crippen LogP contribution in [0.3, 0.4) is 0 Å². The minimum Gasteiger partial charge on any atom is -0.323 e. The Balaban J connectivity index is 2.09. The summed E-state index contributed by atoms with van der Waals surface area (Å²) in [6.07, 6.45) is 2.91. The van der Waals surface area contributed by atoms with Crippen molar-refractivity contribution in [1.82, 2.24) is 19.7 Å². The number of aromatic nitrogens is 3. The highest BCUT2D eigenvalue weighted by molar-refractivity contribution is 7.99. The summed E-state index contributed by atoms with van der Waals surface area (Å²) in [5, 5.41) is 11.8. The van der Waals surface area contributed by atoms with E-state index in [1.807, 2.05) is 14.1 Å². The largest absolute Gasteiger partial charge is 0.323 e. The Morgan fingerprint density at radius 3 is 2.64 bits per heavy atom. The number of thioether (sulfide) groups is 1. The van der Waals surface area contributed by atoms with E-state index >= 15 is 0 Å². The van der Waals surface area contributed by atoms with Crippen molar-refractivity contribution >= 4 is 23.4 Å². The first-order chi connectivity index (χ1) is 13.4. The number of unbranched alkanes of at least 4 members (excludes halogenated alkanes) is 1. The molecular formula is C19H27F2N5OS. The molecule has 1 aromatic heterocycles. The second kappa shape index (κ2) is 10.5. The number of nitrogens with zero attached hydrogens (tertiary/aromatic N) is 4. The Kier molecular flexibility index (Phi) is 8.37. The lowest BCUT2D eigenvalue weighted by molar-refractivity contribution is -0.113. The highest BCUT2D eigenvalue weighted by Gasteiger charge is 2.22. The number of carbonyl (C=O) groups is 1. The van der Waals surface area contributed by atoms with Gasteiger partial charge in [0.1, 0.15) is 11.6 Å². The third-order valence-electron chi connectivity index (χ3n) is 4.33. The molecule has 0 aliphatic heterocycles. The molecule has 0 saturated carbocycles. The van der Waals surface area contributed by atoms with E-state index in [1.54, 1.807) is 0 Å². The molecule has 0 aliphatic rings. The SMILES string of the molecule is CCCCn1c(SCC(=O)Nc2ccc(F)cc2F)nnc1C(CC)N(C)C. The molecule has 2 rings (SSSR count). The summed E-state index contributed by atoms with van der Waals surface area (Å²) in [5.74, 6) is -0.939. The van der Waals surface area contributed by atoms with Crippen LogP contribution in [0.2, 0.25) is 0 Å². The summed E-state index contributed by atoms with van der Waals surface area (Å²) in [5.41, 5.74) is -0.0428. The molecule has 154 valence electrons. The van der Waals surface area contributed by atoms with Gasteiger partial charge in [-0.3, -0.25) is 9.69 Å². The van der Waals surface area contributed by atoms with E-state index in [2.05, 4.69) is 38.8 Å². The lowest BCUT2D eigenvalue weighted by Crippen LogP contribution is -2.23. The number of hydrogen-bond acceptors (Lipinski definition) is 5. The Morgan fingerprint density at radius 1 is 1.29 bits per heavy atom. The number of hydrogen-bond donors (Lipinski definition) is 1. The molecule has 2 aromatic rings. The third-order valence-corrected chi connectivity index (χ3v) is 5.29. The van der Waals surface area contributed by atoms with Crippen molar-refractivity contribution in [2.75, 3.05) is 25.2 Å². The molecule has 0 fully saturated rings. The van der Waals surface area contributed by atoms with Gasteiger partial charge in [-0.15, -0.1) is 10.2 Å². The van der Waals surface area contributed by atoms with Crippen LogP contribution < -0.4 is 5.32 Å². The fourth-order valence-corrected chi connectivity index (χ4v) is 3.64. The molecule has 0 radical (unpaired) electrons. The molecule has 1 atom stereocenters. The van der Waals surface area contributed by atoms with Gasteiger partial charge in [-0.25, -0.2) is 8.78 Å². The van der Waals surface area contributed by atoms with E-state index in [4.69, 9.17) is 0 Å². The molecule has 0 bridgehead atoms. The van der Waals surface area contributed by atoms with Crippen LogP contribution >= 0.6 is 11.8 Å². The van der Waals surface area contributed by atoms with Gasteiger partial charge in [0, 0.05) is 12.6 Å². The maximum Gasteiger partial charge on any atom is 0.234 e. The quantitative estimate of drug-likeness (QED) is 0.597. The van der Waals surface area contributed by atoms with Crippen LogP contribution in [0.15, 0.2) is 23.4 Å². The van der Waals surface area contributed by atoms with Gasteiger partial charge in [0.2, 0.25) is 5.91 Å². The van der Waals surface area contributed by atoms with Crippen molar-refractivity contribution in [3.8, 4) is 0 Å².